The number of benzene rings is 1. The molecule has 1 aliphatic rings. The Balaban J connectivity index is 1.37. The molecule has 4 heterocycles. The molecule has 3 aromatic heterocycles. The molecule has 12 nitrogen and oxygen atoms in total. The van der Waals surface area contributed by atoms with Crippen molar-refractivity contribution in [3.63, 3.8) is 0 Å². The van der Waals surface area contributed by atoms with Crippen LogP contribution in [0.2, 0.25) is 0 Å². The van der Waals surface area contributed by atoms with E-state index in [0.717, 1.165) is 0 Å². The van der Waals surface area contributed by atoms with Gasteiger partial charge in [0.1, 0.15) is 5.82 Å². The highest BCUT2D eigenvalue weighted by atomic mass is 19.1. The summed E-state index contributed by atoms with van der Waals surface area (Å²) >= 11 is 0. The lowest BCUT2D eigenvalue weighted by Gasteiger charge is -2.35. The van der Waals surface area contributed by atoms with Gasteiger partial charge in [0, 0.05) is 36.1 Å². The number of primary amides is 1. The van der Waals surface area contributed by atoms with Crippen molar-refractivity contribution in [1.29, 1.82) is 0 Å². The van der Waals surface area contributed by atoms with Crippen LogP contribution in [0.1, 0.15) is 38.1 Å². The number of rotatable bonds is 5. The van der Waals surface area contributed by atoms with Crippen LogP contribution >= 0.6 is 0 Å². The predicted octanol–water partition coefficient (Wildman–Crippen LogP) is 2.35. The summed E-state index contributed by atoms with van der Waals surface area (Å²) in [4.78, 5) is 41.7. The maximum atomic E-state index is 14.8. The topological polar surface area (TPSA) is 158 Å². The summed E-state index contributed by atoms with van der Waals surface area (Å²) in [6, 6.07) is 5.84. The summed E-state index contributed by atoms with van der Waals surface area (Å²) in [6.45, 7) is 2.28. The van der Waals surface area contributed by atoms with E-state index in [4.69, 9.17) is 10.3 Å². The zero-order valence-electron chi connectivity index (χ0n) is 19.2. The van der Waals surface area contributed by atoms with Gasteiger partial charge in [-0.05, 0) is 31.2 Å². The van der Waals surface area contributed by atoms with E-state index in [1.807, 2.05) is 0 Å². The first kappa shape index (κ1) is 23.0. The fourth-order valence-corrected chi connectivity index (χ4v) is 3.86. The van der Waals surface area contributed by atoms with Crippen molar-refractivity contribution in [3.05, 3.63) is 65.1 Å². The van der Waals surface area contributed by atoms with Crippen molar-refractivity contribution in [2.24, 2.45) is 5.73 Å². The van der Waals surface area contributed by atoms with Crippen molar-refractivity contribution in [2.75, 3.05) is 25.5 Å². The monoisotopic (exact) mass is 493 g/mol. The number of nitrogens with zero attached hydrogens (tertiary/aromatic N) is 5. The Hall–Kier alpha value is -4.81. The number of pyridine rings is 1. The standard InChI is InChI=1S/C23H20FN7O5/c1-11-16(24)5-13(20-28-22(36-29-20)14-8-30(9-14)23(34)35-2)6-17(11)27-21(33)15-7-26-31-10-12(19(25)32)3-4-18(15)31/h3-7,10,14H,8-9H2,1-2H3,(H2,25,32)(H,27,33). The first-order chi connectivity index (χ1) is 17.2. The second-order valence-electron chi connectivity index (χ2n) is 8.28. The lowest BCUT2D eigenvalue weighted by Crippen LogP contribution is -2.48. The highest BCUT2D eigenvalue weighted by Gasteiger charge is 2.36. The van der Waals surface area contributed by atoms with Crippen LogP contribution in [0.4, 0.5) is 14.9 Å². The summed E-state index contributed by atoms with van der Waals surface area (Å²) in [5.74, 6) is -1.40. The van der Waals surface area contributed by atoms with Crippen LogP contribution in [0.25, 0.3) is 16.9 Å². The van der Waals surface area contributed by atoms with Crippen LogP contribution in [0, 0.1) is 12.7 Å². The van der Waals surface area contributed by atoms with Gasteiger partial charge in [-0.1, -0.05) is 5.16 Å². The van der Waals surface area contributed by atoms with Gasteiger partial charge in [0.05, 0.1) is 35.9 Å². The number of ether oxygens (including phenoxy) is 1. The minimum atomic E-state index is -0.621. The molecule has 0 radical (unpaired) electrons. The summed E-state index contributed by atoms with van der Waals surface area (Å²) < 4.78 is 26.1. The number of halogens is 1. The largest absolute Gasteiger partial charge is 0.453 e. The van der Waals surface area contributed by atoms with E-state index in [9.17, 15) is 18.8 Å². The van der Waals surface area contributed by atoms with Crippen LogP contribution in [0.3, 0.4) is 0 Å². The zero-order chi connectivity index (χ0) is 25.6. The predicted molar refractivity (Wildman–Crippen MR) is 123 cm³/mol. The Morgan fingerprint density at radius 1 is 1.25 bits per heavy atom. The molecule has 0 bridgehead atoms. The van der Waals surface area contributed by atoms with Gasteiger partial charge in [0.2, 0.25) is 17.6 Å². The first-order valence-electron chi connectivity index (χ1n) is 10.8. The van der Waals surface area contributed by atoms with Crippen molar-refractivity contribution < 1.29 is 28.0 Å². The zero-order valence-corrected chi connectivity index (χ0v) is 19.2. The molecule has 1 saturated heterocycles. The first-order valence-corrected chi connectivity index (χ1v) is 10.8. The normalized spacial score (nSPS) is 13.5. The molecule has 4 aromatic rings. The number of methoxy groups -OCH3 is 1. The summed E-state index contributed by atoms with van der Waals surface area (Å²) in [7, 11) is 1.30. The quantitative estimate of drug-likeness (QED) is 0.429. The van der Waals surface area contributed by atoms with Crippen molar-refractivity contribution in [2.45, 2.75) is 12.8 Å². The number of carbonyl (C=O) groups excluding carboxylic acids is 3. The molecule has 0 aliphatic carbocycles. The molecule has 1 aliphatic heterocycles. The van der Waals surface area contributed by atoms with Gasteiger partial charge in [-0.25, -0.2) is 13.7 Å². The third kappa shape index (κ3) is 4.00. The minimum absolute atomic E-state index is 0.144. The summed E-state index contributed by atoms with van der Waals surface area (Å²) in [5, 5.41) is 10.7. The number of anilines is 1. The van der Waals surface area contributed by atoms with E-state index in [0.29, 0.717) is 30.1 Å². The average molecular weight is 493 g/mol. The number of hydrogen-bond acceptors (Lipinski definition) is 8. The Morgan fingerprint density at radius 2 is 2.03 bits per heavy atom. The van der Waals surface area contributed by atoms with E-state index >= 15 is 0 Å². The van der Waals surface area contributed by atoms with Gasteiger partial charge < -0.3 is 25.2 Å². The van der Waals surface area contributed by atoms with Gasteiger partial charge in [-0.15, -0.1) is 0 Å². The number of fused-ring (bicyclic) bond motifs is 1. The molecule has 13 heteroatoms. The average Bonchev–Trinajstić information content (AvgIpc) is 3.48. The van der Waals surface area contributed by atoms with Crippen LogP contribution in [-0.2, 0) is 4.74 Å². The molecule has 36 heavy (non-hydrogen) atoms. The lowest BCUT2D eigenvalue weighted by atomic mass is 10.0. The van der Waals surface area contributed by atoms with E-state index in [-0.39, 0.29) is 34.1 Å². The number of carbonyl (C=O) groups is 3. The minimum Gasteiger partial charge on any atom is -0.453 e. The summed E-state index contributed by atoms with van der Waals surface area (Å²) in [5.41, 5.74) is 6.93. The van der Waals surface area contributed by atoms with Gasteiger partial charge in [0.25, 0.3) is 5.91 Å². The molecule has 0 spiro atoms. The van der Waals surface area contributed by atoms with E-state index in [1.165, 1.54) is 48.0 Å². The molecule has 1 fully saturated rings. The van der Waals surface area contributed by atoms with Gasteiger partial charge in [0.15, 0.2) is 0 Å². The van der Waals surface area contributed by atoms with Crippen molar-refractivity contribution in [1.82, 2.24) is 24.7 Å². The maximum absolute atomic E-state index is 14.8. The molecule has 184 valence electrons. The van der Waals surface area contributed by atoms with Crippen LogP contribution in [0.15, 0.2) is 41.2 Å². The molecule has 5 rings (SSSR count). The molecule has 0 unspecified atom stereocenters. The fraction of sp³-hybridized carbons (Fsp3) is 0.217. The number of hydrogen-bond donors (Lipinski definition) is 2. The number of amides is 3. The Morgan fingerprint density at radius 3 is 2.75 bits per heavy atom. The molecular weight excluding hydrogens is 473 g/mol. The number of aromatic nitrogens is 4. The summed E-state index contributed by atoms with van der Waals surface area (Å²) in [6.07, 6.45) is 2.32. The Labute approximate surface area is 202 Å². The van der Waals surface area contributed by atoms with E-state index < -0.39 is 23.7 Å². The Bertz CT molecular complexity index is 1520. The second kappa shape index (κ2) is 8.76. The van der Waals surface area contributed by atoms with Crippen molar-refractivity contribution in [3.8, 4) is 11.4 Å². The molecule has 0 saturated carbocycles. The van der Waals surface area contributed by atoms with Crippen LogP contribution in [0.5, 0.6) is 0 Å². The maximum Gasteiger partial charge on any atom is 0.409 e. The molecular formula is C23H20FN7O5. The molecule has 0 atom stereocenters. The Kier molecular flexibility index (Phi) is 5.59. The third-order valence-electron chi connectivity index (χ3n) is 6.00. The van der Waals surface area contributed by atoms with Gasteiger partial charge in [-0.3, -0.25) is 9.59 Å². The highest BCUT2D eigenvalue weighted by molar-refractivity contribution is 6.09. The van der Waals surface area contributed by atoms with Crippen LogP contribution in [-0.4, -0.2) is 62.8 Å². The number of likely N-dealkylation sites (tertiary alicyclic amines) is 1. The van der Waals surface area contributed by atoms with E-state index in [1.54, 1.807) is 12.1 Å². The number of nitrogens with one attached hydrogen (secondary N) is 1. The SMILES string of the molecule is COC(=O)N1CC(c2nc(-c3cc(F)c(C)c(NC(=O)c4cnn5cc(C(N)=O)ccc45)c3)no2)C1. The number of nitrogens with two attached hydrogens (primary N) is 1. The molecule has 3 N–H and O–H groups in total. The highest BCUT2D eigenvalue weighted by Crippen LogP contribution is 2.31. The molecule has 1 aromatic carbocycles. The lowest BCUT2D eigenvalue weighted by molar-refractivity contribution is 0.0804. The fourth-order valence-electron chi connectivity index (χ4n) is 3.86. The van der Waals surface area contributed by atoms with Crippen molar-refractivity contribution >= 4 is 29.1 Å². The van der Waals surface area contributed by atoms with Crippen LogP contribution < -0.4 is 11.1 Å². The molecule has 3 amide bonds. The smallest absolute Gasteiger partial charge is 0.409 e. The van der Waals surface area contributed by atoms with Gasteiger partial charge in [-0.2, -0.15) is 10.1 Å². The van der Waals surface area contributed by atoms with Gasteiger partial charge >= 0.3 is 6.09 Å². The van der Waals surface area contributed by atoms with E-state index in [2.05, 4.69) is 25.3 Å². The third-order valence-corrected chi connectivity index (χ3v) is 6.00. The second-order valence-corrected chi connectivity index (χ2v) is 8.28.